The van der Waals surface area contributed by atoms with Crippen molar-refractivity contribution in [2.24, 2.45) is 5.73 Å². The summed E-state index contributed by atoms with van der Waals surface area (Å²) in [6.07, 6.45) is 4.75. The monoisotopic (exact) mass is 278 g/mol. The van der Waals surface area contributed by atoms with Crippen LogP contribution in [0, 0.1) is 0 Å². The number of ether oxygens (including phenoxy) is 1. The van der Waals surface area contributed by atoms with Crippen LogP contribution in [0.1, 0.15) is 50.6 Å². The lowest BCUT2D eigenvalue weighted by molar-refractivity contribution is -0.121. The zero-order valence-corrected chi connectivity index (χ0v) is 12.5. The van der Waals surface area contributed by atoms with E-state index in [9.17, 15) is 4.79 Å². The van der Waals surface area contributed by atoms with Crippen LogP contribution < -0.4 is 15.8 Å². The minimum atomic E-state index is 0.0254. The van der Waals surface area contributed by atoms with Gasteiger partial charge in [0.25, 0.3) is 0 Å². The summed E-state index contributed by atoms with van der Waals surface area (Å²) in [6.45, 7) is 2.73. The fraction of sp³-hybridized carbons (Fsp3) is 0.562. The topological polar surface area (TPSA) is 64.3 Å². The molecule has 112 valence electrons. The number of hydrogen-bond donors (Lipinski definition) is 2. The van der Waals surface area contributed by atoms with Gasteiger partial charge in [0, 0.05) is 6.42 Å². The van der Waals surface area contributed by atoms with Crippen LogP contribution in [0.2, 0.25) is 0 Å². The molecule has 1 aromatic rings. The van der Waals surface area contributed by atoms with Gasteiger partial charge in [-0.25, -0.2) is 0 Å². The molecule has 0 aromatic heterocycles. The van der Waals surface area contributed by atoms with Gasteiger partial charge in [0.05, 0.1) is 13.2 Å². The van der Waals surface area contributed by atoms with Crippen LogP contribution >= 0.6 is 0 Å². The molecule has 0 radical (unpaired) electrons. The lowest BCUT2D eigenvalue weighted by atomic mass is 10.1. The fourth-order valence-electron chi connectivity index (χ4n) is 2.07. The number of nitrogens with one attached hydrogen (secondary N) is 1. The molecule has 4 nitrogen and oxygen atoms in total. The molecule has 1 amide bonds. The van der Waals surface area contributed by atoms with E-state index in [-0.39, 0.29) is 11.9 Å². The first-order chi connectivity index (χ1) is 9.67. The second kappa shape index (κ2) is 9.37. The number of methoxy groups -OCH3 is 1. The Morgan fingerprint density at radius 1 is 1.20 bits per heavy atom. The second-order valence-electron chi connectivity index (χ2n) is 5.02. The van der Waals surface area contributed by atoms with Gasteiger partial charge in [-0.15, -0.1) is 0 Å². The maximum Gasteiger partial charge on any atom is 0.220 e. The third-order valence-electron chi connectivity index (χ3n) is 3.35. The Morgan fingerprint density at radius 2 is 1.85 bits per heavy atom. The van der Waals surface area contributed by atoms with Gasteiger partial charge in [-0.3, -0.25) is 4.79 Å². The quantitative estimate of drug-likeness (QED) is 0.683. The van der Waals surface area contributed by atoms with Crippen molar-refractivity contribution in [2.45, 2.75) is 45.1 Å². The molecule has 0 heterocycles. The zero-order valence-electron chi connectivity index (χ0n) is 12.5. The number of carbonyl (C=O) groups excluding carboxylic acids is 1. The summed E-state index contributed by atoms with van der Waals surface area (Å²) >= 11 is 0. The van der Waals surface area contributed by atoms with Crippen LogP contribution in [0.5, 0.6) is 5.75 Å². The molecule has 1 atom stereocenters. The van der Waals surface area contributed by atoms with Crippen LogP contribution in [-0.2, 0) is 4.79 Å². The highest BCUT2D eigenvalue weighted by Crippen LogP contribution is 2.17. The first kappa shape index (κ1) is 16.5. The molecule has 20 heavy (non-hydrogen) atoms. The Balaban J connectivity index is 2.29. The van der Waals surface area contributed by atoms with Crippen LogP contribution in [0.4, 0.5) is 0 Å². The summed E-state index contributed by atoms with van der Waals surface area (Å²) in [5.74, 6) is 0.938. The molecule has 0 aliphatic heterocycles. The molecular weight excluding hydrogens is 252 g/mol. The maximum absolute atomic E-state index is 11.8. The molecule has 0 saturated carbocycles. The number of benzene rings is 1. The summed E-state index contributed by atoms with van der Waals surface area (Å²) in [7, 11) is 1.64. The van der Waals surface area contributed by atoms with Crippen molar-refractivity contribution in [2.75, 3.05) is 13.7 Å². The normalized spacial score (nSPS) is 11.9. The summed E-state index contributed by atoms with van der Waals surface area (Å²) in [4.78, 5) is 11.8. The third-order valence-corrected chi connectivity index (χ3v) is 3.35. The average molecular weight is 278 g/mol. The van der Waals surface area contributed by atoms with Gasteiger partial charge in [0.2, 0.25) is 5.91 Å². The molecule has 1 rings (SSSR count). The molecule has 3 N–H and O–H groups in total. The smallest absolute Gasteiger partial charge is 0.220 e. The minimum Gasteiger partial charge on any atom is -0.497 e. The van der Waals surface area contributed by atoms with E-state index in [1.807, 2.05) is 31.2 Å². The SMILES string of the molecule is COc1ccc([C@@H](C)NC(=O)CCCCCCN)cc1. The molecule has 0 spiro atoms. The number of unbranched alkanes of at least 4 members (excludes halogenated alkanes) is 3. The molecular formula is C16H26N2O2. The minimum absolute atomic E-state index is 0.0254. The molecule has 0 bridgehead atoms. The van der Waals surface area contributed by atoms with Gasteiger partial charge in [-0.05, 0) is 44.0 Å². The predicted octanol–water partition coefficient (Wildman–Crippen LogP) is 2.78. The lowest BCUT2D eigenvalue weighted by Gasteiger charge is -2.14. The summed E-state index contributed by atoms with van der Waals surface area (Å²) in [5.41, 5.74) is 6.52. The lowest BCUT2D eigenvalue weighted by Crippen LogP contribution is -2.26. The highest BCUT2D eigenvalue weighted by molar-refractivity contribution is 5.76. The summed E-state index contributed by atoms with van der Waals surface area (Å²) in [5, 5.41) is 3.02. The molecule has 4 heteroatoms. The van der Waals surface area contributed by atoms with Crippen molar-refractivity contribution in [3.8, 4) is 5.75 Å². The number of amides is 1. The molecule has 0 fully saturated rings. The number of carbonyl (C=O) groups is 1. The zero-order chi connectivity index (χ0) is 14.8. The van der Waals surface area contributed by atoms with Crippen LogP contribution in [0.15, 0.2) is 24.3 Å². The highest BCUT2D eigenvalue weighted by atomic mass is 16.5. The van der Waals surface area contributed by atoms with Crippen molar-refractivity contribution in [3.05, 3.63) is 29.8 Å². The predicted molar refractivity (Wildman–Crippen MR) is 81.7 cm³/mol. The molecule has 0 aliphatic rings. The Labute approximate surface area is 121 Å². The molecule has 1 aromatic carbocycles. The molecule has 0 saturated heterocycles. The van der Waals surface area contributed by atoms with E-state index < -0.39 is 0 Å². The standard InChI is InChI=1S/C16H26N2O2/c1-13(14-8-10-15(20-2)11-9-14)18-16(19)7-5-3-4-6-12-17/h8-11,13H,3-7,12,17H2,1-2H3,(H,18,19)/t13-/m1/s1. The van der Waals surface area contributed by atoms with Crippen molar-refractivity contribution >= 4 is 5.91 Å². The Hall–Kier alpha value is -1.55. The number of hydrogen-bond acceptors (Lipinski definition) is 3. The van der Waals surface area contributed by atoms with Crippen molar-refractivity contribution in [1.29, 1.82) is 0 Å². The van der Waals surface area contributed by atoms with Crippen molar-refractivity contribution in [1.82, 2.24) is 5.32 Å². The molecule has 0 unspecified atom stereocenters. The Morgan fingerprint density at radius 3 is 2.45 bits per heavy atom. The van der Waals surface area contributed by atoms with E-state index in [2.05, 4.69) is 5.32 Å². The first-order valence-electron chi connectivity index (χ1n) is 7.30. The Kier molecular flexibility index (Phi) is 7.73. The van der Waals surface area contributed by atoms with Gasteiger partial charge in [0.15, 0.2) is 0 Å². The Bertz CT molecular complexity index is 390. The molecule has 0 aliphatic carbocycles. The largest absolute Gasteiger partial charge is 0.497 e. The van der Waals surface area contributed by atoms with Gasteiger partial charge >= 0.3 is 0 Å². The van der Waals surface area contributed by atoms with E-state index >= 15 is 0 Å². The van der Waals surface area contributed by atoms with Crippen LogP contribution in [0.3, 0.4) is 0 Å². The highest BCUT2D eigenvalue weighted by Gasteiger charge is 2.09. The first-order valence-corrected chi connectivity index (χ1v) is 7.30. The summed E-state index contributed by atoms with van der Waals surface area (Å²) < 4.78 is 5.12. The van der Waals surface area contributed by atoms with Gasteiger partial charge in [0.1, 0.15) is 5.75 Å². The van der Waals surface area contributed by atoms with E-state index in [4.69, 9.17) is 10.5 Å². The summed E-state index contributed by atoms with van der Waals surface area (Å²) in [6, 6.07) is 7.79. The number of nitrogens with two attached hydrogens (primary N) is 1. The van der Waals surface area contributed by atoms with Gasteiger partial charge in [-0.1, -0.05) is 25.0 Å². The van der Waals surface area contributed by atoms with Gasteiger partial charge < -0.3 is 15.8 Å². The van der Waals surface area contributed by atoms with Gasteiger partial charge in [-0.2, -0.15) is 0 Å². The maximum atomic E-state index is 11.8. The van der Waals surface area contributed by atoms with Crippen molar-refractivity contribution < 1.29 is 9.53 Å². The van der Waals surface area contributed by atoms with E-state index in [0.717, 1.165) is 43.5 Å². The van der Waals surface area contributed by atoms with E-state index in [0.29, 0.717) is 6.42 Å². The van der Waals surface area contributed by atoms with E-state index in [1.54, 1.807) is 7.11 Å². The third kappa shape index (κ3) is 6.06. The number of rotatable bonds is 9. The van der Waals surface area contributed by atoms with Crippen LogP contribution in [-0.4, -0.2) is 19.6 Å². The average Bonchev–Trinajstić information content (AvgIpc) is 2.47. The fourth-order valence-corrected chi connectivity index (χ4v) is 2.07. The second-order valence-corrected chi connectivity index (χ2v) is 5.02. The van der Waals surface area contributed by atoms with E-state index in [1.165, 1.54) is 0 Å². The van der Waals surface area contributed by atoms with Crippen molar-refractivity contribution in [3.63, 3.8) is 0 Å². The van der Waals surface area contributed by atoms with Crippen LogP contribution in [0.25, 0.3) is 0 Å².